The number of aliphatic hydroxyl groups excluding tert-OH is 1. The van der Waals surface area contributed by atoms with E-state index in [4.69, 9.17) is 0 Å². The molecule has 3 rings (SSSR count). The van der Waals surface area contributed by atoms with Crippen LogP contribution in [0.15, 0.2) is 54.4 Å². The molecule has 146 valence electrons. The maximum Gasteiger partial charge on any atom is 0.295 e. The van der Waals surface area contributed by atoms with Crippen LogP contribution in [-0.4, -0.2) is 58.8 Å². The van der Waals surface area contributed by atoms with E-state index in [0.717, 1.165) is 18.5 Å². The van der Waals surface area contributed by atoms with E-state index in [9.17, 15) is 14.7 Å². The van der Waals surface area contributed by atoms with Crippen molar-refractivity contribution in [3.63, 3.8) is 0 Å². The second-order valence-corrected chi connectivity index (χ2v) is 7.30. The monoisotopic (exact) mass is 379 g/mol. The van der Waals surface area contributed by atoms with E-state index in [0.29, 0.717) is 17.7 Å². The smallest absolute Gasteiger partial charge is 0.295 e. The molecule has 0 bridgehead atoms. The van der Waals surface area contributed by atoms with E-state index < -0.39 is 17.7 Å². The van der Waals surface area contributed by atoms with Crippen LogP contribution in [0.4, 0.5) is 0 Å². The molecule has 0 unspecified atom stereocenters. The molecular formula is C22H25N3O3. The van der Waals surface area contributed by atoms with Crippen molar-refractivity contribution < 1.29 is 14.7 Å². The standard InChI is InChI=1S/C22H25N3O3/c1-15-7-9-16(10-8-15)20(26)18-19(17-6-4-11-23-14-17)25(22(28)21(18)27)13-5-12-24(2)3/h4,6-11,14,19,26H,5,12-13H2,1-3H3/b20-18+/t19-/m1/s1. The molecule has 0 saturated carbocycles. The summed E-state index contributed by atoms with van der Waals surface area (Å²) in [5.74, 6) is -1.39. The van der Waals surface area contributed by atoms with Gasteiger partial charge in [0.2, 0.25) is 0 Å². The number of carbonyl (C=O) groups excluding carboxylic acids is 2. The highest BCUT2D eigenvalue weighted by Crippen LogP contribution is 2.39. The molecule has 1 saturated heterocycles. The maximum atomic E-state index is 12.8. The third-order valence-corrected chi connectivity index (χ3v) is 4.87. The Morgan fingerprint density at radius 2 is 1.89 bits per heavy atom. The Bertz CT molecular complexity index is 889. The van der Waals surface area contributed by atoms with Gasteiger partial charge in [-0.2, -0.15) is 0 Å². The normalized spacial score (nSPS) is 18.9. The number of nitrogens with zero attached hydrogens (tertiary/aromatic N) is 3. The summed E-state index contributed by atoms with van der Waals surface area (Å²) in [6, 6.07) is 10.2. The molecule has 1 aromatic carbocycles. The first-order chi connectivity index (χ1) is 13.4. The molecule has 1 atom stereocenters. The van der Waals surface area contributed by atoms with E-state index in [1.807, 2.05) is 44.1 Å². The highest BCUT2D eigenvalue weighted by molar-refractivity contribution is 6.46. The van der Waals surface area contributed by atoms with Crippen LogP contribution in [0.3, 0.4) is 0 Å². The second-order valence-electron chi connectivity index (χ2n) is 7.30. The number of rotatable bonds is 6. The fraction of sp³-hybridized carbons (Fsp3) is 0.318. The van der Waals surface area contributed by atoms with Crippen LogP contribution < -0.4 is 0 Å². The van der Waals surface area contributed by atoms with Gasteiger partial charge in [-0.15, -0.1) is 0 Å². The van der Waals surface area contributed by atoms with Gasteiger partial charge in [0.25, 0.3) is 11.7 Å². The number of aryl methyl sites for hydroxylation is 1. The summed E-state index contributed by atoms with van der Waals surface area (Å²) in [4.78, 5) is 33.3. The molecule has 28 heavy (non-hydrogen) atoms. The molecule has 1 fully saturated rings. The summed E-state index contributed by atoms with van der Waals surface area (Å²) in [5, 5.41) is 10.9. The minimum absolute atomic E-state index is 0.117. The Balaban J connectivity index is 2.06. The van der Waals surface area contributed by atoms with Gasteiger partial charge in [0, 0.05) is 24.5 Å². The summed E-state index contributed by atoms with van der Waals surface area (Å²) in [7, 11) is 3.92. The minimum atomic E-state index is -0.656. The maximum absolute atomic E-state index is 12.8. The number of benzene rings is 1. The van der Waals surface area contributed by atoms with Crippen LogP contribution in [0.2, 0.25) is 0 Å². The largest absolute Gasteiger partial charge is 0.507 e. The van der Waals surface area contributed by atoms with Crippen LogP contribution >= 0.6 is 0 Å². The van der Waals surface area contributed by atoms with Gasteiger partial charge >= 0.3 is 0 Å². The van der Waals surface area contributed by atoms with Crippen molar-refractivity contribution in [2.45, 2.75) is 19.4 Å². The zero-order valence-electron chi connectivity index (χ0n) is 16.4. The van der Waals surface area contributed by atoms with Gasteiger partial charge in [-0.05, 0) is 45.6 Å². The Morgan fingerprint density at radius 3 is 2.50 bits per heavy atom. The van der Waals surface area contributed by atoms with E-state index in [1.54, 1.807) is 35.5 Å². The van der Waals surface area contributed by atoms with Crippen molar-refractivity contribution >= 4 is 17.4 Å². The molecule has 2 heterocycles. The minimum Gasteiger partial charge on any atom is -0.507 e. The molecule has 1 aliphatic heterocycles. The number of hydrogen-bond donors (Lipinski definition) is 1. The summed E-state index contributed by atoms with van der Waals surface area (Å²) >= 11 is 0. The lowest BCUT2D eigenvalue weighted by atomic mass is 9.96. The van der Waals surface area contributed by atoms with Crippen LogP contribution in [0.1, 0.15) is 29.2 Å². The quantitative estimate of drug-likeness (QED) is 0.475. The molecule has 6 heteroatoms. The van der Waals surface area contributed by atoms with Crippen molar-refractivity contribution in [3.05, 3.63) is 71.1 Å². The SMILES string of the molecule is Cc1ccc(/C(O)=C2\C(=O)C(=O)N(CCCN(C)C)[C@@H]2c2cccnc2)cc1. The van der Waals surface area contributed by atoms with Gasteiger partial charge in [-0.25, -0.2) is 0 Å². The number of pyridine rings is 1. The molecule has 6 nitrogen and oxygen atoms in total. The molecule has 1 aliphatic rings. The fourth-order valence-corrected chi connectivity index (χ4v) is 3.42. The number of Topliss-reactive ketones (excluding diaryl/α,β-unsaturated/α-hetero) is 1. The van der Waals surface area contributed by atoms with Crippen LogP contribution in [0, 0.1) is 6.92 Å². The molecule has 0 radical (unpaired) electrons. The molecule has 2 aromatic rings. The number of carbonyl (C=O) groups is 2. The van der Waals surface area contributed by atoms with Crippen molar-refractivity contribution in [2.24, 2.45) is 0 Å². The van der Waals surface area contributed by atoms with Crippen molar-refractivity contribution in [3.8, 4) is 0 Å². The fourth-order valence-electron chi connectivity index (χ4n) is 3.42. The lowest BCUT2D eigenvalue weighted by Crippen LogP contribution is -2.32. The average Bonchev–Trinajstić information content (AvgIpc) is 2.93. The summed E-state index contributed by atoms with van der Waals surface area (Å²) < 4.78 is 0. The second kappa shape index (κ2) is 8.35. The van der Waals surface area contributed by atoms with Crippen LogP contribution in [0.5, 0.6) is 0 Å². The van der Waals surface area contributed by atoms with Crippen molar-refractivity contribution in [1.82, 2.24) is 14.8 Å². The Kier molecular flexibility index (Phi) is 5.90. The van der Waals surface area contributed by atoms with Gasteiger partial charge < -0.3 is 14.9 Å². The van der Waals surface area contributed by atoms with E-state index in [2.05, 4.69) is 4.98 Å². The van der Waals surface area contributed by atoms with Gasteiger partial charge in [0.05, 0.1) is 11.6 Å². The first-order valence-electron chi connectivity index (χ1n) is 9.30. The number of hydrogen-bond acceptors (Lipinski definition) is 5. The van der Waals surface area contributed by atoms with Crippen LogP contribution in [-0.2, 0) is 9.59 Å². The molecule has 1 aromatic heterocycles. The Hall–Kier alpha value is -2.99. The molecule has 1 N–H and O–H groups in total. The average molecular weight is 379 g/mol. The first-order valence-corrected chi connectivity index (χ1v) is 9.30. The van der Waals surface area contributed by atoms with E-state index >= 15 is 0 Å². The van der Waals surface area contributed by atoms with Crippen LogP contribution in [0.25, 0.3) is 5.76 Å². The van der Waals surface area contributed by atoms with Gasteiger partial charge in [0.15, 0.2) is 0 Å². The third kappa shape index (κ3) is 3.97. The predicted molar refractivity (Wildman–Crippen MR) is 108 cm³/mol. The van der Waals surface area contributed by atoms with E-state index in [1.165, 1.54) is 0 Å². The summed E-state index contributed by atoms with van der Waals surface area (Å²) in [6.07, 6.45) is 4.00. The van der Waals surface area contributed by atoms with Crippen molar-refractivity contribution in [2.75, 3.05) is 27.2 Å². The van der Waals surface area contributed by atoms with Crippen molar-refractivity contribution in [1.29, 1.82) is 0 Å². The number of likely N-dealkylation sites (tertiary alicyclic amines) is 1. The first kappa shape index (κ1) is 19.8. The summed E-state index contributed by atoms with van der Waals surface area (Å²) in [6.45, 7) is 3.16. The highest BCUT2D eigenvalue weighted by Gasteiger charge is 2.45. The predicted octanol–water partition coefficient (Wildman–Crippen LogP) is 2.76. The zero-order valence-corrected chi connectivity index (χ0v) is 16.4. The van der Waals surface area contributed by atoms with Gasteiger partial charge in [-0.1, -0.05) is 35.9 Å². The third-order valence-electron chi connectivity index (χ3n) is 4.87. The Morgan fingerprint density at radius 1 is 1.18 bits per heavy atom. The zero-order chi connectivity index (χ0) is 20.3. The number of aliphatic hydroxyl groups is 1. The Labute approximate surface area is 165 Å². The lowest BCUT2D eigenvalue weighted by Gasteiger charge is -2.25. The number of aromatic nitrogens is 1. The van der Waals surface area contributed by atoms with Gasteiger partial charge in [-0.3, -0.25) is 14.6 Å². The molecule has 1 amide bonds. The molecule has 0 aliphatic carbocycles. The lowest BCUT2D eigenvalue weighted by molar-refractivity contribution is -0.139. The van der Waals surface area contributed by atoms with Gasteiger partial charge in [0.1, 0.15) is 5.76 Å². The molecular weight excluding hydrogens is 354 g/mol. The topological polar surface area (TPSA) is 73.7 Å². The van der Waals surface area contributed by atoms with E-state index in [-0.39, 0.29) is 11.3 Å². The highest BCUT2D eigenvalue weighted by atomic mass is 16.3. The number of amides is 1. The molecule has 0 spiro atoms. The summed E-state index contributed by atoms with van der Waals surface area (Å²) in [5.41, 5.74) is 2.39. The number of ketones is 1.